The number of benzene rings is 1. The molecule has 0 aliphatic rings. The molecule has 1 heterocycles. The van der Waals surface area contributed by atoms with Crippen LogP contribution in [0.5, 0.6) is 11.6 Å². The summed E-state index contributed by atoms with van der Waals surface area (Å²) < 4.78 is 32.8. The summed E-state index contributed by atoms with van der Waals surface area (Å²) in [5.74, 6) is -1.72. The fraction of sp³-hybridized carbons (Fsp3) is 0.0909. The highest BCUT2D eigenvalue weighted by Crippen LogP contribution is 2.29. The molecule has 0 aliphatic carbocycles. The Hall–Kier alpha value is -1.08. The molecular formula is C11H6Br2F2N2O. The highest BCUT2D eigenvalue weighted by atomic mass is 79.9. The molecule has 0 N–H and O–H groups in total. The summed E-state index contributed by atoms with van der Waals surface area (Å²) in [4.78, 5) is 7.94. The molecule has 0 bridgehead atoms. The van der Waals surface area contributed by atoms with Crippen molar-refractivity contribution in [3.63, 3.8) is 0 Å². The summed E-state index contributed by atoms with van der Waals surface area (Å²) in [5, 5.41) is 0. The lowest BCUT2D eigenvalue weighted by molar-refractivity contribution is 0.403. The molecule has 0 saturated heterocycles. The van der Waals surface area contributed by atoms with Gasteiger partial charge in [-0.3, -0.25) is 0 Å². The van der Waals surface area contributed by atoms with Crippen LogP contribution in [0.1, 0.15) is 5.82 Å². The van der Waals surface area contributed by atoms with Crippen LogP contribution in [-0.4, -0.2) is 9.97 Å². The van der Waals surface area contributed by atoms with Gasteiger partial charge in [-0.2, -0.15) is 9.37 Å². The number of hydrogen-bond donors (Lipinski definition) is 0. The predicted molar refractivity (Wildman–Crippen MR) is 68.6 cm³/mol. The molecular weight excluding hydrogens is 374 g/mol. The first kappa shape index (κ1) is 13.4. The first-order valence-corrected chi connectivity index (χ1v) is 6.38. The molecule has 0 radical (unpaired) electrons. The minimum absolute atomic E-state index is 0.130. The van der Waals surface area contributed by atoms with E-state index in [0.29, 0.717) is 14.9 Å². The molecule has 0 spiro atoms. The largest absolute Gasteiger partial charge is 0.436 e. The Balaban J connectivity index is 2.39. The molecule has 1 aromatic heterocycles. The Kier molecular flexibility index (Phi) is 3.91. The lowest BCUT2D eigenvalue weighted by Crippen LogP contribution is -1.96. The zero-order chi connectivity index (χ0) is 13.3. The molecule has 0 saturated carbocycles. The molecule has 94 valence electrons. The van der Waals surface area contributed by atoms with E-state index in [1.54, 1.807) is 6.92 Å². The molecule has 18 heavy (non-hydrogen) atoms. The second kappa shape index (κ2) is 5.27. The van der Waals surface area contributed by atoms with Gasteiger partial charge in [0.2, 0.25) is 11.7 Å². The van der Waals surface area contributed by atoms with Gasteiger partial charge in [0.25, 0.3) is 0 Å². The van der Waals surface area contributed by atoms with Crippen LogP contribution < -0.4 is 4.74 Å². The van der Waals surface area contributed by atoms with E-state index >= 15 is 0 Å². The first-order chi connectivity index (χ1) is 8.45. The minimum atomic E-state index is -1.06. The summed E-state index contributed by atoms with van der Waals surface area (Å²) in [6.07, 6.45) is 0. The average Bonchev–Trinajstić information content (AvgIpc) is 2.23. The monoisotopic (exact) mass is 378 g/mol. The van der Waals surface area contributed by atoms with Gasteiger partial charge >= 0.3 is 0 Å². The maximum absolute atomic E-state index is 13.5. The Labute approximate surface area is 118 Å². The van der Waals surface area contributed by atoms with Gasteiger partial charge in [0.05, 0.1) is 0 Å². The van der Waals surface area contributed by atoms with Gasteiger partial charge in [0.15, 0.2) is 11.6 Å². The second-order valence-corrected chi connectivity index (χ2v) is 5.11. The van der Waals surface area contributed by atoms with E-state index in [0.717, 1.165) is 6.07 Å². The van der Waals surface area contributed by atoms with Crippen molar-refractivity contribution < 1.29 is 13.5 Å². The Bertz CT molecular complexity index is 588. The van der Waals surface area contributed by atoms with Crippen LogP contribution in [0.25, 0.3) is 0 Å². The molecule has 2 aromatic rings. The Morgan fingerprint density at radius 1 is 1.11 bits per heavy atom. The van der Waals surface area contributed by atoms with Gasteiger partial charge in [-0.1, -0.05) is 15.9 Å². The summed E-state index contributed by atoms with van der Waals surface area (Å²) in [7, 11) is 0. The molecule has 0 fully saturated rings. The lowest BCUT2D eigenvalue weighted by Gasteiger charge is -2.07. The van der Waals surface area contributed by atoms with Crippen LogP contribution in [-0.2, 0) is 0 Å². The van der Waals surface area contributed by atoms with Crippen LogP contribution in [0.2, 0.25) is 0 Å². The molecule has 2 rings (SSSR count). The molecule has 0 atom stereocenters. The minimum Gasteiger partial charge on any atom is -0.436 e. The van der Waals surface area contributed by atoms with E-state index < -0.39 is 11.6 Å². The number of nitrogens with zero attached hydrogens (tertiary/aromatic N) is 2. The van der Waals surface area contributed by atoms with Crippen molar-refractivity contribution in [1.29, 1.82) is 0 Å². The lowest BCUT2D eigenvalue weighted by atomic mass is 10.3. The Morgan fingerprint density at radius 2 is 1.83 bits per heavy atom. The summed E-state index contributed by atoms with van der Waals surface area (Å²) in [5.41, 5.74) is 0. The van der Waals surface area contributed by atoms with Crippen molar-refractivity contribution in [3.05, 3.63) is 44.7 Å². The van der Waals surface area contributed by atoms with E-state index in [9.17, 15) is 8.78 Å². The zero-order valence-corrected chi connectivity index (χ0v) is 12.2. The number of hydrogen-bond acceptors (Lipinski definition) is 3. The predicted octanol–water partition coefficient (Wildman–Crippen LogP) is 4.38. The number of aromatic nitrogens is 2. The van der Waals surface area contributed by atoms with Crippen LogP contribution in [0.4, 0.5) is 8.78 Å². The molecule has 0 unspecified atom stereocenters. The van der Waals surface area contributed by atoms with Crippen molar-refractivity contribution in [2.24, 2.45) is 0 Å². The number of halogens is 4. The van der Waals surface area contributed by atoms with Gasteiger partial charge in [-0.05, 0) is 35.0 Å². The third kappa shape index (κ3) is 3.02. The summed E-state index contributed by atoms with van der Waals surface area (Å²) in [6.45, 7) is 1.66. The third-order valence-electron chi connectivity index (χ3n) is 1.96. The van der Waals surface area contributed by atoms with Crippen LogP contribution in [0, 0.1) is 18.6 Å². The van der Waals surface area contributed by atoms with E-state index in [4.69, 9.17) is 4.74 Å². The highest BCUT2D eigenvalue weighted by Gasteiger charge is 2.13. The van der Waals surface area contributed by atoms with Crippen molar-refractivity contribution in [2.75, 3.05) is 0 Å². The maximum Gasteiger partial charge on any atom is 0.223 e. The van der Waals surface area contributed by atoms with Crippen molar-refractivity contribution >= 4 is 31.9 Å². The molecule has 7 heteroatoms. The summed E-state index contributed by atoms with van der Waals surface area (Å²) >= 11 is 6.23. The quantitative estimate of drug-likeness (QED) is 0.573. The summed E-state index contributed by atoms with van der Waals surface area (Å²) in [6, 6.07) is 3.80. The normalized spacial score (nSPS) is 10.5. The molecule has 0 amide bonds. The van der Waals surface area contributed by atoms with Gasteiger partial charge in [0.1, 0.15) is 10.4 Å². The van der Waals surface area contributed by atoms with E-state index in [1.807, 2.05) is 0 Å². The van der Waals surface area contributed by atoms with Crippen molar-refractivity contribution in [3.8, 4) is 11.6 Å². The van der Waals surface area contributed by atoms with Crippen molar-refractivity contribution in [1.82, 2.24) is 9.97 Å². The number of aryl methyl sites for hydroxylation is 1. The molecule has 3 nitrogen and oxygen atoms in total. The van der Waals surface area contributed by atoms with Gasteiger partial charge in [0, 0.05) is 10.5 Å². The van der Waals surface area contributed by atoms with Crippen LogP contribution in [0.15, 0.2) is 27.3 Å². The smallest absolute Gasteiger partial charge is 0.223 e. The highest BCUT2D eigenvalue weighted by molar-refractivity contribution is 9.10. The standard InChI is InChI=1S/C11H6Br2F2N2O/c1-5-16-9(13)4-10(17-5)18-8-3-6(12)2-7(14)11(8)15/h2-4H,1H3. The fourth-order valence-electron chi connectivity index (χ4n) is 1.28. The average molecular weight is 380 g/mol. The maximum atomic E-state index is 13.5. The molecule has 1 aromatic carbocycles. The molecule has 0 aliphatic heterocycles. The van der Waals surface area contributed by atoms with Gasteiger partial charge in [-0.15, -0.1) is 0 Å². The van der Waals surface area contributed by atoms with E-state index in [1.165, 1.54) is 12.1 Å². The fourth-order valence-corrected chi connectivity index (χ4v) is 2.14. The second-order valence-electron chi connectivity index (χ2n) is 3.38. The number of ether oxygens (including phenoxy) is 1. The number of rotatable bonds is 2. The topological polar surface area (TPSA) is 35.0 Å². The van der Waals surface area contributed by atoms with Crippen LogP contribution >= 0.6 is 31.9 Å². The Morgan fingerprint density at radius 3 is 2.50 bits per heavy atom. The zero-order valence-electron chi connectivity index (χ0n) is 9.05. The SMILES string of the molecule is Cc1nc(Br)cc(Oc2cc(Br)cc(F)c2F)n1. The third-order valence-corrected chi connectivity index (χ3v) is 2.82. The van der Waals surface area contributed by atoms with Gasteiger partial charge < -0.3 is 4.74 Å². The van der Waals surface area contributed by atoms with Gasteiger partial charge in [-0.25, -0.2) is 9.37 Å². The van der Waals surface area contributed by atoms with Crippen LogP contribution in [0.3, 0.4) is 0 Å². The first-order valence-electron chi connectivity index (χ1n) is 4.79. The van der Waals surface area contributed by atoms with E-state index in [-0.39, 0.29) is 11.6 Å². The van der Waals surface area contributed by atoms with E-state index in [2.05, 4.69) is 41.8 Å². The van der Waals surface area contributed by atoms with Crippen molar-refractivity contribution in [2.45, 2.75) is 6.92 Å².